The van der Waals surface area contributed by atoms with Crippen LogP contribution < -0.4 is 20.1 Å². The van der Waals surface area contributed by atoms with Gasteiger partial charge in [0.25, 0.3) is 0 Å². The Morgan fingerprint density at radius 2 is 0.891 bits per heavy atom. The van der Waals surface area contributed by atoms with Crippen LogP contribution in [-0.2, 0) is 22.7 Å². The number of rotatable bonds is 15. The molecule has 0 amide bonds. The van der Waals surface area contributed by atoms with Crippen molar-refractivity contribution in [3.8, 4) is 11.5 Å². The maximum absolute atomic E-state index is 6.59. The topological polar surface area (TPSA) is 40.2 Å². The second kappa shape index (κ2) is 15.8. The van der Waals surface area contributed by atoms with Crippen molar-refractivity contribution in [3.63, 3.8) is 0 Å². The molecule has 234 valence electrons. The van der Waals surface area contributed by atoms with Crippen molar-refractivity contribution in [3.05, 3.63) is 145 Å². The van der Waals surface area contributed by atoms with Crippen LogP contribution in [0.5, 0.6) is 11.5 Å². The lowest BCUT2D eigenvalue weighted by Crippen LogP contribution is -2.30. The molecule has 6 heteroatoms. The van der Waals surface area contributed by atoms with E-state index in [0.717, 1.165) is 67.9 Å². The van der Waals surface area contributed by atoms with Crippen LogP contribution in [0.1, 0.15) is 25.0 Å². The van der Waals surface area contributed by atoms with Crippen LogP contribution in [0.15, 0.2) is 133 Å². The minimum Gasteiger partial charge on any atom is -0.466 e. The maximum atomic E-state index is 6.59. The fourth-order valence-corrected chi connectivity index (χ4v) is 8.33. The highest BCUT2D eigenvalue weighted by atomic mass is 31.1. The largest absolute Gasteiger partial charge is 0.466 e. The zero-order valence-electron chi connectivity index (χ0n) is 26.5. The highest BCUT2D eigenvalue weighted by molar-refractivity contribution is 7.71. The number of nitrogens with zero attached hydrogens (tertiary/aromatic N) is 1. The second-order valence-corrected chi connectivity index (χ2v) is 13.1. The zero-order chi connectivity index (χ0) is 31.6. The summed E-state index contributed by atoms with van der Waals surface area (Å²) in [4.78, 5) is 0. The van der Waals surface area contributed by atoms with Crippen molar-refractivity contribution in [1.29, 1.82) is 0 Å². The van der Waals surface area contributed by atoms with Crippen LogP contribution >= 0.6 is 8.07 Å². The molecule has 6 rings (SSSR count). The number of ether oxygens (including phenoxy) is 4. The molecule has 0 aliphatic rings. The number of benzene rings is 6. The van der Waals surface area contributed by atoms with Crippen LogP contribution in [0.25, 0.3) is 21.5 Å². The van der Waals surface area contributed by atoms with Gasteiger partial charge in [-0.15, -0.1) is 0 Å². The smallest absolute Gasteiger partial charge is 0.189 e. The molecule has 0 saturated carbocycles. The molecular formula is C40H40NO4P. The summed E-state index contributed by atoms with van der Waals surface area (Å²) in [6, 6.07) is 46.0. The molecule has 0 aromatic heterocycles. The first-order valence-corrected chi connectivity index (χ1v) is 17.1. The number of hydrogen-bond donors (Lipinski definition) is 0. The van der Waals surface area contributed by atoms with E-state index in [0.29, 0.717) is 13.2 Å². The van der Waals surface area contributed by atoms with Gasteiger partial charge in [-0.05, 0) is 47.1 Å². The molecule has 5 nitrogen and oxygen atoms in total. The highest BCUT2D eigenvalue weighted by Gasteiger charge is 2.29. The van der Waals surface area contributed by atoms with Crippen LogP contribution in [-0.4, -0.2) is 31.3 Å². The van der Waals surface area contributed by atoms with Crippen molar-refractivity contribution in [1.82, 2.24) is 4.67 Å². The van der Waals surface area contributed by atoms with Gasteiger partial charge < -0.3 is 18.9 Å². The third kappa shape index (κ3) is 7.41. The summed E-state index contributed by atoms with van der Waals surface area (Å²) in [6.07, 6.45) is 0. The van der Waals surface area contributed by atoms with E-state index in [1.54, 1.807) is 0 Å². The summed E-state index contributed by atoms with van der Waals surface area (Å²) in [7, 11) is -1.06. The van der Waals surface area contributed by atoms with Gasteiger partial charge >= 0.3 is 0 Å². The summed E-state index contributed by atoms with van der Waals surface area (Å²) >= 11 is 0. The monoisotopic (exact) mass is 629 g/mol. The van der Waals surface area contributed by atoms with E-state index in [9.17, 15) is 0 Å². The molecule has 0 aliphatic heterocycles. The fraction of sp³-hybridized carbons (Fsp3) is 0.200. The number of fused-ring (bicyclic) bond motifs is 2. The SMILES string of the molecule is CCN(CC)P(c1ccc2ccccc2c1OCOCc1ccccc1)c1ccc2ccccc2c1OCOCc1ccccc1. The molecule has 6 aromatic rings. The Labute approximate surface area is 273 Å². The van der Waals surface area contributed by atoms with Gasteiger partial charge in [-0.2, -0.15) is 0 Å². The molecule has 0 heterocycles. The molecule has 0 fully saturated rings. The lowest BCUT2D eigenvalue weighted by atomic mass is 10.1. The standard InChI is InChI=1S/C40H40NO4P/c1-3-41(4-2)46(37-25-23-33-19-11-13-21-35(33)39(37)44-29-42-27-31-15-7-5-8-16-31)38-26-24-34-20-12-14-22-36(34)40(38)45-30-43-28-32-17-9-6-10-18-32/h5-26H,3-4,27-30H2,1-2H3. The molecular weight excluding hydrogens is 589 g/mol. The van der Waals surface area contributed by atoms with Gasteiger partial charge in [0.05, 0.1) is 13.2 Å². The molecule has 0 spiro atoms. The molecule has 0 atom stereocenters. The third-order valence-corrected chi connectivity index (χ3v) is 10.7. The molecule has 0 unspecified atom stereocenters. The Kier molecular flexibility index (Phi) is 10.9. The molecule has 0 radical (unpaired) electrons. The molecule has 0 bridgehead atoms. The van der Waals surface area contributed by atoms with Gasteiger partial charge in [-0.1, -0.05) is 135 Å². The molecule has 0 N–H and O–H groups in total. The molecule has 0 saturated heterocycles. The maximum Gasteiger partial charge on any atom is 0.189 e. The Morgan fingerprint density at radius 3 is 1.33 bits per heavy atom. The van der Waals surface area contributed by atoms with E-state index in [2.05, 4.69) is 116 Å². The van der Waals surface area contributed by atoms with Crippen molar-refractivity contribution >= 4 is 40.2 Å². The van der Waals surface area contributed by atoms with E-state index >= 15 is 0 Å². The minimum absolute atomic E-state index is 0.145. The summed E-state index contributed by atoms with van der Waals surface area (Å²) in [6.45, 7) is 7.43. The van der Waals surface area contributed by atoms with Crippen molar-refractivity contribution in [2.24, 2.45) is 0 Å². The Bertz CT molecular complexity index is 1710. The van der Waals surface area contributed by atoms with Crippen LogP contribution in [0, 0.1) is 0 Å². The van der Waals surface area contributed by atoms with E-state index in [1.165, 1.54) is 0 Å². The minimum atomic E-state index is -1.06. The van der Waals surface area contributed by atoms with Crippen molar-refractivity contribution < 1.29 is 18.9 Å². The first kappa shape index (κ1) is 31.7. The Morgan fingerprint density at radius 1 is 0.478 bits per heavy atom. The average molecular weight is 630 g/mol. The fourth-order valence-electron chi connectivity index (χ4n) is 5.71. The lowest BCUT2D eigenvalue weighted by Gasteiger charge is -2.33. The van der Waals surface area contributed by atoms with Gasteiger partial charge in [0, 0.05) is 29.5 Å². The van der Waals surface area contributed by atoms with Gasteiger partial charge in [0.15, 0.2) is 13.6 Å². The number of hydrogen-bond acceptors (Lipinski definition) is 5. The summed E-state index contributed by atoms with van der Waals surface area (Å²) in [5.74, 6) is 1.70. The average Bonchev–Trinajstić information content (AvgIpc) is 3.12. The Hall–Kier alpha value is -4.25. The van der Waals surface area contributed by atoms with E-state index in [4.69, 9.17) is 18.9 Å². The van der Waals surface area contributed by atoms with Crippen LogP contribution in [0.2, 0.25) is 0 Å². The summed E-state index contributed by atoms with van der Waals surface area (Å²) in [5.41, 5.74) is 2.23. The quantitative estimate of drug-likeness (QED) is 0.0645. The van der Waals surface area contributed by atoms with E-state index < -0.39 is 8.07 Å². The first-order valence-electron chi connectivity index (χ1n) is 15.8. The Balaban J connectivity index is 1.38. The second-order valence-electron chi connectivity index (χ2n) is 10.9. The predicted molar refractivity (Wildman–Crippen MR) is 190 cm³/mol. The first-order chi connectivity index (χ1) is 22.8. The third-order valence-electron chi connectivity index (χ3n) is 7.98. The van der Waals surface area contributed by atoms with E-state index in [-0.39, 0.29) is 13.6 Å². The van der Waals surface area contributed by atoms with Crippen LogP contribution in [0.4, 0.5) is 0 Å². The highest BCUT2D eigenvalue weighted by Crippen LogP contribution is 2.46. The predicted octanol–water partition coefficient (Wildman–Crippen LogP) is 8.79. The van der Waals surface area contributed by atoms with Gasteiger partial charge in [-0.25, -0.2) is 0 Å². The molecule has 46 heavy (non-hydrogen) atoms. The van der Waals surface area contributed by atoms with Gasteiger partial charge in [-0.3, -0.25) is 4.67 Å². The molecule has 0 aliphatic carbocycles. The normalized spacial score (nSPS) is 11.5. The lowest BCUT2D eigenvalue weighted by molar-refractivity contribution is 0.00643. The van der Waals surface area contributed by atoms with Crippen molar-refractivity contribution in [2.45, 2.75) is 27.1 Å². The van der Waals surface area contributed by atoms with Crippen molar-refractivity contribution in [2.75, 3.05) is 26.7 Å². The summed E-state index contributed by atoms with van der Waals surface area (Å²) < 4.78 is 27.8. The van der Waals surface area contributed by atoms with Gasteiger partial charge in [0.1, 0.15) is 11.5 Å². The molecule has 6 aromatic carbocycles. The van der Waals surface area contributed by atoms with E-state index in [1.807, 2.05) is 36.4 Å². The van der Waals surface area contributed by atoms with Crippen LogP contribution in [0.3, 0.4) is 0 Å². The summed E-state index contributed by atoms with van der Waals surface area (Å²) in [5, 5.41) is 6.65. The zero-order valence-corrected chi connectivity index (χ0v) is 27.4. The van der Waals surface area contributed by atoms with Gasteiger partial charge in [0.2, 0.25) is 0 Å².